The van der Waals surface area contributed by atoms with Gasteiger partial charge in [0.25, 0.3) is 11.8 Å². The van der Waals surface area contributed by atoms with Crippen molar-refractivity contribution >= 4 is 35.7 Å². The predicted molar refractivity (Wildman–Crippen MR) is 157 cm³/mol. The molecule has 0 bridgehead atoms. The minimum atomic E-state index is -0.905. The summed E-state index contributed by atoms with van der Waals surface area (Å²) in [6, 6.07) is 13.2. The molecule has 0 saturated carbocycles. The Bertz CT molecular complexity index is 1270. The number of carboxylic acids is 2. The molecule has 2 aromatic rings. The third kappa shape index (κ3) is 10.4. The molecule has 2 aromatic carbocycles. The summed E-state index contributed by atoms with van der Waals surface area (Å²) in [5.74, 6) is -2.64. The Morgan fingerprint density at radius 2 is 1.07 bits per heavy atom. The van der Waals surface area contributed by atoms with Gasteiger partial charge in [-0.3, -0.25) is 24.1 Å². The minimum Gasteiger partial charge on any atom is -0.481 e. The number of nitrogens with zero attached hydrogens (tertiary/aromatic N) is 1. The molecule has 0 aromatic heterocycles. The van der Waals surface area contributed by atoms with Crippen molar-refractivity contribution in [3.05, 3.63) is 70.8 Å². The first-order valence-corrected chi connectivity index (χ1v) is 14.2. The average molecular weight is 597 g/mol. The van der Waals surface area contributed by atoms with Crippen molar-refractivity contribution in [3.8, 4) is 0 Å². The molecule has 2 aliphatic rings. The summed E-state index contributed by atoms with van der Waals surface area (Å²) in [5.41, 5.74) is 6.93. The van der Waals surface area contributed by atoms with E-state index < -0.39 is 23.9 Å². The van der Waals surface area contributed by atoms with Crippen molar-refractivity contribution in [2.45, 2.75) is 53.4 Å². The molecule has 11 nitrogen and oxygen atoms in total. The maximum Gasteiger partial charge on any atom is 0.346 e. The molecule has 0 radical (unpaired) electrons. The summed E-state index contributed by atoms with van der Waals surface area (Å²) >= 11 is 0. The fraction of sp³-hybridized carbons (Fsp3) is 0.438. The number of carboxylic acid groups (broad SMARTS) is 2. The van der Waals surface area contributed by atoms with Crippen LogP contribution in [-0.4, -0.2) is 63.9 Å². The molecule has 232 valence electrons. The molecule has 2 atom stereocenters. The van der Waals surface area contributed by atoms with Crippen LogP contribution < -0.4 is 5.73 Å². The molecule has 2 amide bonds. The second kappa shape index (κ2) is 16.3. The first kappa shape index (κ1) is 34.8. The zero-order valence-corrected chi connectivity index (χ0v) is 24.9. The Morgan fingerprint density at radius 1 is 0.698 bits per heavy atom. The summed E-state index contributed by atoms with van der Waals surface area (Å²) in [7, 11) is 0. The highest BCUT2D eigenvalue weighted by molar-refractivity contribution is 6.21. The van der Waals surface area contributed by atoms with E-state index in [1.54, 1.807) is 48.5 Å². The first-order valence-electron chi connectivity index (χ1n) is 14.2. The third-order valence-corrected chi connectivity index (χ3v) is 6.74. The van der Waals surface area contributed by atoms with E-state index in [0.717, 1.165) is 6.42 Å². The minimum absolute atomic E-state index is 0.0361. The largest absolute Gasteiger partial charge is 0.481 e. The molecule has 0 fully saturated rings. The van der Waals surface area contributed by atoms with Crippen molar-refractivity contribution in [1.82, 2.24) is 4.90 Å². The molecular formula is C32H40N2O9. The highest BCUT2D eigenvalue weighted by atomic mass is 16.6. The lowest BCUT2D eigenvalue weighted by Crippen LogP contribution is -2.35. The molecule has 2 aliphatic heterocycles. The van der Waals surface area contributed by atoms with Gasteiger partial charge in [0.2, 0.25) is 0 Å². The quantitative estimate of drug-likeness (QED) is 0.190. The number of benzene rings is 2. The Hall–Kier alpha value is -4.38. The molecule has 0 saturated heterocycles. The SMILES string of the molecule is CC(C)C[C@@H](CC(=O)O)CN1C(=O)c2ccccc2C1=O.CC(C)C[C@H](CN)CC(=O)O.O=C1OC(=O)c2ccccc21. The smallest absolute Gasteiger partial charge is 0.346 e. The van der Waals surface area contributed by atoms with Crippen LogP contribution in [0.3, 0.4) is 0 Å². The van der Waals surface area contributed by atoms with Crippen LogP contribution in [0.4, 0.5) is 0 Å². The van der Waals surface area contributed by atoms with Crippen LogP contribution in [0, 0.1) is 23.7 Å². The van der Waals surface area contributed by atoms with Gasteiger partial charge < -0.3 is 20.7 Å². The fourth-order valence-corrected chi connectivity index (χ4v) is 5.01. The summed E-state index contributed by atoms with van der Waals surface area (Å²) in [4.78, 5) is 68.6. The number of esters is 2. The number of imide groups is 1. The van der Waals surface area contributed by atoms with Gasteiger partial charge in [0.15, 0.2) is 0 Å². The number of aliphatic carboxylic acids is 2. The molecule has 11 heteroatoms. The van der Waals surface area contributed by atoms with Gasteiger partial charge >= 0.3 is 23.9 Å². The van der Waals surface area contributed by atoms with E-state index in [1.165, 1.54) is 4.90 Å². The molecule has 0 aliphatic carbocycles. The van der Waals surface area contributed by atoms with E-state index in [-0.39, 0.29) is 43.0 Å². The number of rotatable bonds is 11. The second-order valence-corrected chi connectivity index (χ2v) is 11.4. The lowest BCUT2D eigenvalue weighted by atomic mass is 9.93. The van der Waals surface area contributed by atoms with Crippen molar-refractivity contribution < 1.29 is 43.7 Å². The standard InChI is InChI=1S/C16H19NO4.C8H17NO2.C8H4O3/c1-10(2)7-11(8-14(18)19)9-17-15(20)12-5-3-4-6-13(12)16(17)21;1-6(2)3-7(5-9)4-8(10)11;9-7-5-3-1-2-4-6(5)8(10)11-7/h3-6,10-11H,7-9H2,1-2H3,(H,18,19);6-7H,3-5,9H2,1-2H3,(H,10,11);1-4H/t11-;7-;/m00./s1. The highest BCUT2D eigenvalue weighted by Gasteiger charge is 2.36. The van der Waals surface area contributed by atoms with Gasteiger partial charge in [-0.05, 0) is 67.3 Å². The third-order valence-electron chi connectivity index (χ3n) is 6.74. The normalized spacial score (nSPS) is 14.7. The Balaban J connectivity index is 0.000000247. The van der Waals surface area contributed by atoms with Crippen LogP contribution in [0.1, 0.15) is 94.8 Å². The van der Waals surface area contributed by atoms with Crippen LogP contribution in [0.2, 0.25) is 0 Å². The molecule has 0 spiro atoms. The number of ether oxygens (including phenoxy) is 1. The molecule has 4 rings (SSSR count). The highest BCUT2D eigenvalue weighted by Crippen LogP contribution is 2.26. The number of carbonyl (C=O) groups excluding carboxylic acids is 4. The van der Waals surface area contributed by atoms with Crippen molar-refractivity contribution in [1.29, 1.82) is 0 Å². The van der Waals surface area contributed by atoms with Gasteiger partial charge in [-0.1, -0.05) is 52.0 Å². The predicted octanol–water partition coefficient (Wildman–Crippen LogP) is 4.50. The van der Waals surface area contributed by atoms with Crippen LogP contribution >= 0.6 is 0 Å². The zero-order chi connectivity index (χ0) is 32.3. The van der Waals surface area contributed by atoms with Gasteiger partial charge in [0.05, 0.1) is 22.3 Å². The average Bonchev–Trinajstić information content (AvgIpc) is 3.35. The molecular weight excluding hydrogens is 556 g/mol. The van der Waals surface area contributed by atoms with Gasteiger partial charge in [-0.25, -0.2) is 9.59 Å². The number of fused-ring (bicyclic) bond motifs is 2. The number of hydrogen-bond acceptors (Lipinski definition) is 8. The van der Waals surface area contributed by atoms with E-state index in [0.29, 0.717) is 47.1 Å². The Labute approximate surface area is 251 Å². The second-order valence-electron chi connectivity index (χ2n) is 11.4. The van der Waals surface area contributed by atoms with Crippen molar-refractivity contribution in [2.24, 2.45) is 29.4 Å². The number of cyclic esters (lactones) is 2. The van der Waals surface area contributed by atoms with Crippen LogP contribution in [-0.2, 0) is 14.3 Å². The van der Waals surface area contributed by atoms with E-state index in [2.05, 4.69) is 18.6 Å². The maximum absolute atomic E-state index is 12.3. The lowest BCUT2D eigenvalue weighted by molar-refractivity contribution is -0.139. The van der Waals surface area contributed by atoms with Crippen molar-refractivity contribution in [2.75, 3.05) is 13.1 Å². The van der Waals surface area contributed by atoms with Crippen LogP contribution in [0.5, 0.6) is 0 Å². The summed E-state index contributed by atoms with van der Waals surface area (Å²) in [6.45, 7) is 8.78. The topological polar surface area (TPSA) is 181 Å². The van der Waals surface area contributed by atoms with Crippen molar-refractivity contribution in [3.63, 3.8) is 0 Å². The van der Waals surface area contributed by atoms with E-state index in [9.17, 15) is 28.8 Å². The molecule has 43 heavy (non-hydrogen) atoms. The summed E-state index contributed by atoms with van der Waals surface area (Å²) < 4.78 is 4.35. The summed E-state index contributed by atoms with van der Waals surface area (Å²) in [5, 5.41) is 17.5. The molecule has 0 unspecified atom stereocenters. The van der Waals surface area contributed by atoms with Crippen LogP contribution in [0.15, 0.2) is 48.5 Å². The van der Waals surface area contributed by atoms with Gasteiger partial charge in [-0.2, -0.15) is 0 Å². The van der Waals surface area contributed by atoms with E-state index >= 15 is 0 Å². The number of amides is 2. The molecule has 2 heterocycles. The van der Waals surface area contributed by atoms with E-state index in [1.807, 2.05) is 13.8 Å². The van der Waals surface area contributed by atoms with Gasteiger partial charge in [-0.15, -0.1) is 0 Å². The monoisotopic (exact) mass is 596 g/mol. The van der Waals surface area contributed by atoms with E-state index in [4.69, 9.17) is 15.9 Å². The maximum atomic E-state index is 12.3. The number of hydrogen-bond donors (Lipinski definition) is 3. The Kier molecular flexibility index (Phi) is 13.2. The zero-order valence-electron chi connectivity index (χ0n) is 24.9. The molecule has 4 N–H and O–H groups in total. The fourth-order valence-electron chi connectivity index (χ4n) is 5.01. The van der Waals surface area contributed by atoms with Gasteiger partial charge in [0.1, 0.15) is 0 Å². The number of nitrogens with two attached hydrogens (primary N) is 1. The summed E-state index contributed by atoms with van der Waals surface area (Å²) in [6.07, 6.45) is 1.74. The number of carbonyl (C=O) groups is 6. The van der Waals surface area contributed by atoms with Gasteiger partial charge in [0, 0.05) is 19.4 Å². The Morgan fingerprint density at radius 3 is 1.44 bits per heavy atom. The lowest BCUT2D eigenvalue weighted by Gasteiger charge is -2.22. The van der Waals surface area contributed by atoms with Crippen LogP contribution in [0.25, 0.3) is 0 Å². The first-order chi connectivity index (χ1) is 20.2.